The molecule has 0 unspecified atom stereocenters. The fraction of sp³-hybridized carbons (Fsp3) is 0.500. The molecule has 2 rings (SSSR count). The minimum atomic E-state index is -1.36. The van der Waals surface area contributed by atoms with Gasteiger partial charge in [-0.2, -0.15) is 0 Å². The first-order valence-corrected chi connectivity index (χ1v) is 5.19. The fourth-order valence-corrected chi connectivity index (χ4v) is 1.84. The molecule has 5 nitrogen and oxygen atoms in total. The summed E-state index contributed by atoms with van der Waals surface area (Å²) < 4.78 is 13.8. The van der Waals surface area contributed by atoms with E-state index in [2.05, 4.69) is 9.97 Å². The lowest BCUT2D eigenvalue weighted by atomic mass is 10.1. The summed E-state index contributed by atoms with van der Waals surface area (Å²) in [6.45, 7) is 1.43. The summed E-state index contributed by atoms with van der Waals surface area (Å²) in [5.41, 5.74) is -0.560. The Kier molecular flexibility index (Phi) is 2.98. The van der Waals surface area contributed by atoms with E-state index < -0.39 is 17.5 Å². The number of anilines is 1. The third kappa shape index (κ3) is 1.95. The first-order valence-electron chi connectivity index (χ1n) is 5.19. The molecule has 16 heavy (non-hydrogen) atoms. The van der Waals surface area contributed by atoms with Gasteiger partial charge < -0.3 is 10.0 Å². The Hall–Kier alpha value is -1.72. The number of rotatable bonds is 2. The Balaban J connectivity index is 2.33. The van der Waals surface area contributed by atoms with Crippen LogP contribution in [0.25, 0.3) is 0 Å². The molecule has 1 aliphatic rings. The minimum Gasteiger partial charge on any atom is -0.476 e. The lowest BCUT2D eigenvalue weighted by Gasteiger charge is -2.27. The molecule has 1 aromatic heterocycles. The SMILES string of the molecule is O=C(O)c1ncnc(N2CCCCC2)c1F. The van der Waals surface area contributed by atoms with Crippen LogP contribution in [0.15, 0.2) is 6.33 Å². The van der Waals surface area contributed by atoms with Crippen LogP contribution in [0.3, 0.4) is 0 Å². The van der Waals surface area contributed by atoms with E-state index in [-0.39, 0.29) is 5.82 Å². The van der Waals surface area contributed by atoms with E-state index >= 15 is 0 Å². The van der Waals surface area contributed by atoms with Crippen molar-refractivity contribution in [2.75, 3.05) is 18.0 Å². The van der Waals surface area contributed by atoms with Crippen LogP contribution in [0, 0.1) is 5.82 Å². The van der Waals surface area contributed by atoms with Crippen molar-refractivity contribution in [1.82, 2.24) is 9.97 Å². The van der Waals surface area contributed by atoms with Crippen molar-refractivity contribution in [3.8, 4) is 0 Å². The van der Waals surface area contributed by atoms with Crippen LogP contribution < -0.4 is 4.90 Å². The molecule has 0 spiro atoms. The van der Waals surface area contributed by atoms with E-state index in [9.17, 15) is 9.18 Å². The average Bonchev–Trinajstić information content (AvgIpc) is 2.30. The van der Waals surface area contributed by atoms with Gasteiger partial charge in [-0.15, -0.1) is 0 Å². The quantitative estimate of drug-likeness (QED) is 0.821. The van der Waals surface area contributed by atoms with Crippen LogP contribution in [-0.4, -0.2) is 34.1 Å². The summed E-state index contributed by atoms with van der Waals surface area (Å²) in [7, 11) is 0. The van der Waals surface area contributed by atoms with Gasteiger partial charge in [0, 0.05) is 13.1 Å². The molecule has 0 bridgehead atoms. The highest BCUT2D eigenvalue weighted by Crippen LogP contribution is 2.21. The van der Waals surface area contributed by atoms with E-state index in [1.807, 2.05) is 0 Å². The van der Waals surface area contributed by atoms with Gasteiger partial charge >= 0.3 is 5.97 Å². The maximum Gasteiger partial charge on any atom is 0.357 e. The van der Waals surface area contributed by atoms with Gasteiger partial charge in [0.05, 0.1) is 0 Å². The number of aromatic carboxylic acids is 1. The van der Waals surface area contributed by atoms with Gasteiger partial charge in [0.15, 0.2) is 17.3 Å². The highest BCUT2D eigenvalue weighted by atomic mass is 19.1. The van der Waals surface area contributed by atoms with Crippen molar-refractivity contribution in [2.45, 2.75) is 19.3 Å². The van der Waals surface area contributed by atoms with Gasteiger partial charge in [-0.05, 0) is 19.3 Å². The lowest BCUT2D eigenvalue weighted by Crippen LogP contribution is -2.31. The van der Waals surface area contributed by atoms with E-state index in [1.54, 1.807) is 4.90 Å². The van der Waals surface area contributed by atoms with Gasteiger partial charge in [0.25, 0.3) is 0 Å². The molecule has 1 saturated heterocycles. The second-order valence-corrected chi connectivity index (χ2v) is 3.71. The normalized spacial score (nSPS) is 16.2. The van der Waals surface area contributed by atoms with E-state index in [0.29, 0.717) is 13.1 Å². The van der Waals surface area contributed by atoms with Gasteiger partial charge in [0.1, 0.15) is 6.33 Å². The zero-order valence-electron chi connectivity index (χ0n) is 8.69. The number of halogens is 1. The third-order valence-electron chi connectivity index (χ3n) is 2.63. The summed E-state index contributed by atoms with van der Waals surface area (Å²) in [5, 5.41) is 8.74. The summed E-state index contributed by atoms with van der Waals surface area (Å²) in [6, 6.07) is 0. The van der Waals surface area contributed by atoms with E-state index in [1.165, 1.54) is 0 Å². The maximum absolute atomic E-state index is 13.8. The summed E-state index contributed by atoms with van der Waals surface area (Å²) in [5.74, 6) is -2.10. The molecule has 0 aromatic carbocycles. The predicted octanol–water partition coefficient (Wildman–Crippen LogP) is 1.30. The van der Waals surface area contributed by atoms with Crippen LogP contribution in [0.2, 0.25) is 0 Å². The number of aromatic nitrogens is 2. The topological polar surface area (TPSA) is 66.3 Å². The Bertz CT molecular complexity index is 405. The Labute approximate surface area is 91.9 Å². The van der Waals surface area contributed by atoms with Crippen molar-refractivity contribution in [3.63, 3.8) is 0 Å². The Morgan fingerprint density at radius 1 is 1.31 bits per heavy atom. The zero-order valence-corrected chi connectivity index (χ0v) is 8.69. The average molecular weight is 225 g/mol. The molecule has 1 N–H and O–H groups in total. The maximum atomic E-state index is 13.8. The van der Waals surface area contributed by atoms with Crippen molar-refractivity contribution in [3.05, 3.63) is 17.8 Å². The smallest absolute Gasteiger partial charge is 0.357 e. The van der Waals surface area contributed by atoms with Gasteiger partial charge in [0.2, 0.25) is 0 Å². The van der Waals surface area contributed by atoms with Gasteiger partial charge in [-0.3, -0.25) is 0 Å². The first kappa shape index (κ1) is 10.8. The molecule has 1 aromatic rings. The predicted molar refractivity (Wildman–Crippen MR) is 55.0 cm³/mol. The molecular formula is C10H12FN3O2. The van der Waals surface area contributed by atoms with Crippen molar-refractivity contribution in [1.29, 1.82) is 0 Å². The summed E-state index contributed by atoms with van der Waals surface area (Å²) >= 11 is 0. The third-order valence-corrected chi connectivity index (χ3v) is 2.63. The number of hydrogen-bond donors (Lipinski definition) is 1. The minimum absolute atomic E-state index is 0.104. The van der Waals surface area contributed by atoms with E-state index in [4.69, 9.17) is 5.11 Å². The largest absolute Gasteiger partial charge is 0.476 e. The fourth-order valence-electron chi connectivity index (χ4n) is 1.84. The highest BCUT2D eigenvalue weighted by molar-refractivity contribution is 5.86. The number of carboxylic acids is 1. The van der Waals surface area contributed by atoms with Gasteiger partial charge in [-0.25, -0.2) is 19.2 Å². The van der Waals surface area contributed by atoms with Crippen molar-refractivity contribution >= 4 is 11.8 Å². The first-order chi connectivity index (χ1) is 7.70. The van der Waals surface area contributed by atoms with Crippen LogP contribution in [0.5, 0.6) is 0 Å². The van der Waals surface area contributed by atoms with Crippen molar-refractivity contribution < 1.29 is 14.3 Å². The molecule has 6 heteroatoms. The molecule has 0 radical (unpaired) electrons. The molecular weight excluding hydrogens is 213 g/mol. The molecule has 0 saturated carbocycles. The number of piperidine rings is 1. The van der Waals surface area contributed by atoms with Crippen LogP contribution in [-0.2, 0) is 0 Å². The molecule has 1 fully saturated rings. The lowest BCUT2D eigenvalue weighted by molar-refractivity contribution is 0.0684. The molecule has 2 heterocycles. The molecule has 0 aliphatic carbocycles. The van der Waals surface area contributed by atoms with Crippen LogP contribution >= 0.6 is 0 Å². The summed E-state index contributed by atoms with van der Waals surface area (Å²) in [4.78, 5) is 19.7. The number of carboxylic acid groups (broad SMARTS) is 1. The standard InChI is InChI=1S/C10H12FN3O2/c11-7-8(10(15)16)12-6-13-9(7)14-4-2-1-3-5-14/h6H,1-5H2,(H,15,16). The Morgan fingerprint density at radius 2 is 2.00 bits per heavy atom. The molecule has 0 atom stereocenters. The highest BCUT2D eigenvalue weighted by Gasteiger charge is 2.22. The van der Waals surface area contributed by atoms with Crippen LogP contribution in [0.4, 0.5) is 10.2 Å². The monoisotopic (exact) mass is 225 g/mol. The molecule has 86 valence electrons. The second kappa shape index (κ2) is 4.42. The molecule has 1 aliphatic heterocycles. The van der Waals surface area contributed by atoms with Gasteiger partial charge in [-0.1, -0.05) is 0 Å². The number of nitrogens with zero attached hydrogens (tertiary/aromatic N) is 3. The molecule has 0 amide bonds. The second-order valence-electron chi connectivity index (χ2n) is 3.71. The summed E-state index contributed by atoms with van der Waals surface area (Å²) in [6.07, 6.45) is 4.17. The van der Waals surface area contributed by atoms with Crippen molar-refractivity contribution in [2.24, 2.45) is 0 Å². The number of carbonyl (C=O) groups is 1. The zero-order chi connectivity index (χ0) is 11.5. The van der Waals surface area contributed by atoms with Crippen LogP contribution in [0.1, 0.15) is 29.8 Å². The van der Waals surface area contributed by atoms with E-state index in [0.717, 1.165) is 25.6 Å². The Morgan fingerprint density at radius 3 is 2.62 bits per heavy atom. The number of hydrogen-bond acceptors (Lipinski definition) is 4.